The number of methoxy groups -OCH3 is 1. The number of rotatable bonds is 5. The maximum Gasteiger partial charge on any atom is 0.356 e. The molecule has 0 saturated heterocycles. The van der Waals surface area contributed by atoms with Gasteiger partial charge in [-0.15, -0.1) is 0 Å². The Labute approximate surface area is 93.9 Å². The molecule has 1 aromatic carbocycles. The van der Waals surface area contributed by atoms with E-state index in [9.17, 15) is 4.79 Å². The van der Waals surface area contributed by atoms with Crippen LogP contribution in [0.25, 0.3) is 0 Å². The van der Waals surface area contributed by atoms with E-state index < -0.39 is 5.97 Å². The Balaban J connectivity index is 2.38. The first-order chi connectivity index (χ1) is 7.77. The molecule has 0 heterocycles. The molecule has 5 heteroatoms. The largest absolute Gasteiger partial charge is 0.464 e. The van der Waals surface area contributed by atoms with E-state index in [1.165, 1.54) is 7.11 Å². The van der Waals surface area contributed by atoms with Crippen LogP contribution in [0.4, 0.5) is 0 Å². The van der Waals surface area contributed by atoms with Crippen LogP contribution in [0.5, 0.6) is 0 Å². The number of ether oxygens (including phenoxy) is 2. The van der Waals surface area contributed by atoms with Crippen molar-refractivity contribution in [2.75, 3.05) is 13.7 Å². The summed E-state index contributed by atoms with van der Waals surface area (Å²) in [7, 11) is 1.27. The first kappa shape index (κ1) is 12.2. The van der Waals surface area contributed by atoms with E-state index in [1.807, 2.05) is 30.3 Å². The summed E-state index contributed by atoms with van der Waals surface area (Å²) in [4.78, 5) is 11.1. The van der Waals surface area contributed by atoms with Crippen molar-refractivity contribution >= 4 is 11.7 Å². The second-order valence-corrected chi connectivity index (χ2v) is 3.05. The number of esters is 1. The third-order valence-corrected chi connectivity index (χ3v) is 1.93. The maximum absolute atomic E-state index is 11.1. The second-order valence-electron chi connectivity index (χ2n) is 3.05. The number of benzene rings is 1. The minimum Gasteiger partial charge on any atom is -0.464 e. The zero-order valence-electron chi connectivity index (χ0n) is 9.05. The number of carbonyl (C=O) groups is 1. The van der Waals surface area contributed by atoms with Crippen LogP contribution in [0.15, 0.2) is 35.4 Å². The van der Waals surface area contributed by atoms with Gasteiger partial charge in [-0.1, -0.05) is 30.3 Å². The molecule has 2 N–H and O–H groups in total. The zero-order valence-corrected chi connectivity index (χ0v) is 9.05. The fourth-order valence-electron chi connectivity index (χ4n) is 1.11. The van der Waals surface area contributed by atoms with Crippen molar-refractivity contribution in [3.05, 3.63) is 35.9 Å². The fraction of sp³-hybridized carbons (Fsp3) is 0.273. The van der Waals surface area contributed by atoms with Gasteiger partial charge in [0.25, 0.3) is 0 Å². The molecule has 0 amide bonds. The maximum atomic E-state index is 11.1. The molecular weight excluding hydrogens is 208 g/mol. The molecule has 0 saturated carbocycles. The quantitative estimate of drug-likeness (QED) is 0.344. The number of hydrazone groups is 1. The van der Waals surface area contributed by atoms with Gasteiger partial charge < -0.3 is 15.3 Å². The van der Waals surface area contributed by atoms with Gasteiger partial charge in [0.15, 0.2) is 5.71 Å². The highest BCUT2D eigenvalue weighted by atomic mass is 16.5. The normalized spacial score (nSPS) is 11.2. The highest BCUT2D eigenvalue weighted by Gasteiger charge is 2.11. The minimum atomic E-state index is -0.574. The summed E-state index contributed by atoms with van der Waals surface area (Å²) in [5.41, 5.74) is 1.09. The summed E-state index contributed by atoms with van der Waals surface area (Å²) in [6.07, 6.45) is 0. The Morgan fingerprint density at radius 3 is 2.62 bits per heavy atom. The van der Waals surface area contributed by atoms with E-state index in [0.717, 1.165) is 5.56 Å². The summed E-state index contributed by atoms with van der Waals surface area (Å²) >= 11 is 0. The highest BCUT2D eigenvalue weighted by Crippen LogP contribution is 2.00. The fourth-order valence-corrected chi connectivity index (χ4v) is 1.11. The molecule has 0 unspecified atom stereocenters. The van der Waals surface area contributed by atoms with Gasteiger partial charge in [-0.05, 0) is 5.56 Å². The molecular formula is C11H14N2O3. The van der Waals surface area contributed by atoms with E-state index >= 15 is 0 Å². The molecule has 1 aromatic rings. The Bertz CT molecular complexity index is 363. The molecule has 16 heavy (non-hydrogen) atoms. The van der Waals surface area contributed by atoms with Gasteiger partial charge in [-0.2, -0.15) is 5.10 Å². The predicted octanol–water partition coefficient (Wildman–Crippen LogP) is 0.691. The minimum absolute atomic E-state index is 0.0397. The summed E-state index contributed by atoms with van der Waals surface area (Å²) in [5, 5.41) is 3.31. The third-order valence-electron chi connectivity index (χ3n) is 1.93. The number of carbonyl (C=O) groups excluding carboxylic acids is 1. The summed E-state index contributed by atoms with van der Waals surface area (Å²) in [6, 6.07) is 9.60. The van der Waals surface area contributed by atoms with Crippen LogP contribution in [0.2, 0.25) is 0 Å². The molecule has 0 spiro atoms. The topological polar surface area (TPSA) is 73.9 Å². The van der Waals surface area contributed by atoms with Crippen LogP contribution in [0.3, 0.4) is 0 Å². The lowest BCUT2D eigenvalue weighted by Gasteiger charge is -2.05. The lowest BCUT2D eigenvalue weighted by molar-refractivity contribution is -0.133. The summed E-state index contributed by atoms with van der Waals surface area (Å²) in [5.74, 6) is 4.46. The van der Waals surface area contributed by atoms with Crippen molar-refractivity contribution in [3.8, 4) is 0 Å². The zero-order chi connectivity index (χ0) is 11.8. The van der Waals surface area contributed by atoms with Gasteiger partial charge in [-0.3, -0.25) is 0 Å². The van der Waals surface area contributed by atoms with Gasteiger partial charge >= 0.3 is 5.97 Å². The first-order valence-electron chi connectivity index (χ1n) is 4.74. The molecule has 0 radical (unpaired) electrons. The Hall–Kier alpha value is -1.88. The lowest BCUT2D eigenvalue weighted by Crippen LogP contribution is -2.23. The van der Waals surface area contributed by atoms with Crippen molar-refractivity contribution in [2.45, 2.75) is 6.61 Å². The van der Waals surface area contributed by atoms with Crippen molar-refractivity contribution in [1.29, 1.82) is 0 Å². The van der Waals surface area contributed by atoms with Gasteiger partial charge in [-0.25, -0.2) is 4.79 Å². The van der Waals surface area contributed by atoms with Crippen LogP contribution in [-0.4, -0.2) is 25.4 Å². The van der Waals surface area contributed by atoms with Gasteiger partial charge in [0, 0.05) is 0 Å². The van der Waals surface area contributed by atoms with E-state index in [4.69, 9.17) is 10.6 Å². The summed E-state index contributed by atoms with van der Waals surface area (Å²) in [6.45, 7) is 0.439. The molecule has 1 rings (SSSR count). The summed E-state index contributed by atoms with van der Waals surface area (Å²) < 4.78 is 9.76. The van der Waals surface area contributed by atoms with Crippen molar-refractivity contribution in [2.24, 2.45) is 10.9 Å². The smallest absolute Gasteiger partial charge is 0.356 e. The highest BCUT2D eigenvalue weighted by molar-refractivity contribution is 6.36. The molecule has 0 aromatic heterocycles. The SMILES string of the molecule is COC(=O)/C(COCc1ccccc1)=N\N. The van der Waals surface area contributed by atoms with Crippen LogP contribution in [0.1, 0.15) is 5.56 Å². The molecule has 0 aliphatic heterocycles. The van der Waals surface area contributed by atoms with Crippen LogP contribution >= 0.6 is 0 Å². The predicted molar refractivity (Wildman–Crippen MR) is 59.7 cm³/mol. The van der Waals surface area contributed by atoms with Crippen LogP contribution in [-0.2, 0) is 20.9 Å². The lowest BCUT2D eigenvalue weighted by atomic mass is 10.2. The molecule has 0 aliphatic rings. The van der Waals surface area contributed by atoms with E-state index in [1.54, 1.807) is 0 Å². The van der Waals surface area contributed by atoms with Crippen molar-refractivity contribution in [1.82, 2.24) is 0 Å². The monoisotopic (exact) mass is 222 g/mol. The van der Waals surface area contributed by atoms with E-state index in [2.05, 4.69) is 9.84 Å². The van der Waals surface area contributed by atoms with Crippen LogP contribution in [0, 0.1) is 0 Å². The first-order valence-corrected chi connectivity index (χ1v) is 4.74. The molecule has 0 bridgehead atoms. The molecule has 0 aliphatic carbocycles. The van der Waals surface area contributed by atoms with Gasteiger partial charge in [0.05, 0.1) is 20.3 Å². The number of nitrogens with zero attached hydrogens (tertiary/aromatic N) is 1. The van der Waals surface area contributed by atoms with E-state index in [-0.39, 0.29) is 12.3 Å². The number of hydrogen-bond acceptors (Lipinski definition) is 5. The molecule has 5 nitrogen and oxygen atoms in total. The average Bonchev–Trinajstić information content (AvgIpc) is 2.35. The number of hydrogen-bond donors (Lipinski definition) is 1. The number of nitrogens with two attached hydrogens (primary N) is 1. The third kappa shape index (κ3) is 3.70. The van der Waals surface area contributed by atoms with Crippen LogP contribution < -0.4 is 5.84 Å². The van der Waals surface area contributed by atoms with Crippen molar-refractivity contribution in [3.63, 3.8) is 0 Å². The molecule has 0 fully saturated rings. The Kier molecular flexibility index (Phi) is 5.01. The van der Waals surface area contributed by atoms with E-state index in [0.29, 0.717) is 6.61 Å². The Morgan fingerprint density at radius 1 is 1.38 bits per heavy atom. The van der Waals surface area contributed by atoms with Crippen molar-refractivity contribution < 1.29 is 14.3 Å². The molecule has 0 atom stereocenters. The van der Waals surface area contributed by atoms with Gasteiger partial charge in [0.2, 0.25) is 0 Å². The second kappa shape index (κ2) is 6.58. The average molecular weight is 222 g/mol. The standard InChI is InChI=1S/C11H14N2O3/c1-15-11(14)10(13-12)8-16-7-9-5-3-2-4-6-9/h2-6H,7-8,12H2,1H3/b13-10-. The molecule has 86 valence electrons. The Morgan fingerprint density at radius 2 is 2.06 bits per heavy atom. The van der Waals surface area contributed by atoms with Gasteiger partial charge in [0.1, 0.15) is 0 Å².